The molecule has 0 aliphatic carbocycles. The van der Waals surface area contributed by atoms with E-state index in [0.29, 0.717) is 0 Å². The van der Waals surface area contributed by atoms with Crippen LogP contribution in [0.15, 0.2) is 30.3 Å². The van der Waals surface area contributed by atoms with Crippen LogP contribution in [0.1, 0.15) is 47.2 Å². The molecule has 0 radical (unpaired) electrons. The molecule has 20 heavy (non-hydrogen) atoms. The fraction of sp³-hybridized carbons (Fsp3) is 0.556. The molecule has 1 nitrogen and oxygen atoms in total. The summed E-state index contributed by atoms with van der Waals surface area (Å²) in [6.07, 6.45) is 0. The van der Waals surface area contributed by atoms with Gasteiger partial charge in [0.2, 0.25) is 0 Å². The maximum Gasteiger partial charge on any atom is 0.169 e. The first-order valence-corrected chi connectivity index (χ1v) is 10.1. The van der Waals surface area contributed by atoms with Crippen LogP contribution in [0.3, 0.4) is 0 Å². The first-order chi connectivity index (χ1) is 9.33. The fourth-order valence-corrected chi connectivity index (χ4v) is 11.4. The van der Waals surface area contributed by atoms with Crippen molar-refractivity contribution < 1.29 is 0 Å². The molecule has 2 heteroatoms. The summed E-state index contributed by atoms with van der Waals surface area (Å²) >= 11 is 0. The Morgan fingerprint density at radius 1 is 0.850 bits per heavy atom. The van der Waals surface area contributed by atoms with Crippen LogP contribution in [-0.4, -0.2) is 12.5 Å². The van der Waals surface area contributed by atoms with Crippen molar-refractivity contribution in [2.45, 2.75) is 65.1 Å². The van der Waals surface area contributed by atoms with Crippen molar-refractivity contribution in [3.63, 3.8) is 0 Å². The number of aryl methyl sites for hydroxylation is 1. The smallest absolute Gasteiger partial charge is 0.169 e. The Bertz CT molecular complexity index is 571. The van der Waals surface area contributed by atoms with Crippen molar-refractivity contribution in [1.29, 1.82) is 0 Å². The van der Waals surface area contributed by atoms with Crippen molar-refractivity contribution in [1.82, 2.24) is 4.23 Å². The van der Waals surface area contributed by atoms with Gasteiger partial charge in [-0.05, 0) is 41.1 Å². The molecule has 0 N–H and O–H groups in total. The summed E-state index contributed by atoms with van der Waals surface area (Å²) in [5, 5.41) is 1.39. The average Bonchev–Trinajstić information content (AvgIpc) is 2.66. The molecule has 110 valence electrons. The van der Waals surface area contributed by atoms with Gasteiger partial charge in [-0.3, -0.25) is 0 Å². The molecule has 1 aromatic carbocycles. The first-order valence-electron chi connectivity index (χ1n) is 7.91. The van der Waals surface area contributed by atoms with E-state index in [1.807, 2.05) is 0 Å². The predicted octanol–water partition coefficient (Wildman–Crippen LogP) is 5.97. The van der Waals surface area contributed by atoms with Crippen molar-refractivity contribution in [3.05, 3.63) is 36.0 Å². The maximum absolute atomic E-state index is 2.75. The van der Waals surface area contributed by atoms with Crippen molar-refractivity contribution >= 4 is 19.1 Å². The Labute approximate surface area is 125 Å². The molecule has 0 fully saturated rings. The molecule has 0 spiro atoms. The molecule has 2 rings (SSSR count). The number of aromatic nitrogens is 1. The van der Waals surface area contributed by atoms with E-state index in [1.54, 1.807) is 0 Å². The second kappa shape index (κ2) is 5.40. The van der Waals surface area contributed by atoms with Crippen LogP contribution in [0.4, 0.5) is 0 Å². The van der Waals surface area contributed by atoms with Crippen LogP contribution in [0.5, 0.6) is 0 Å². The zero-order valence-corrected chi connectivity index (χ0v) is 15.1. The van der Waals surface area contributed by atoms with Gasteiger partial charge in [0, 0.05) is 11.2 Å². The highest BCUT2D eigenvalue weighted by Crippen LogP contribution is 2.45. The standard InChI is InChI=1S/C18H29NSi/c1-13(2)20(14(3)4,15(5)6)19-16(7)12-17-10-8-9-11-18(17)19/h8-15H,1-7H3. The van der Waals surface area contributed by atoms with Gasteiger partial charge in [0.05, 0.1) is 0 Å². The number of benzene rings is 1. The largest absolute Gasteiger partial charge is 0.371 e. The highest BCUT2D eigenvalue weighted by molar-refractivity contribution is 6.82. The summed E-state index contributed by atoms with van der Waals surface area (Å²) in [4.78, 5) is 0. The summed E-state index contributed by atoms with van der Waals surface area (Å²) in [7, 11) is -1.64. The van der Waals surface area contributed by atoms with Gasteiger partial charge in [-0.15, -0.1) is 0 Å². The SMILES string of the molecule is Cc1cc2ccccc2n1[Si](C(C)C)(C(C)C)C(C)C. The number of nitrogens with zero attached hydrogens (tertiary/aromatic N) is 1. The minimum absolute atomic E-state index is 0.733. The van der Waals surface area contributed by atoms with E-state index < -0.39 is 8.24 Å². The second-order valence-corrected chi connectivity index (χ2v) is 12.7. The van der Waals surface area contributed by atoms with E-state index in [9.17, 15) is 0 Å². The summed E-state index contributed by atoms with van der Waals surface area (Å²) in [5.74, 6) is 0. The lowest BCUT2D eigenvalue weighted by Gasteiger charge is -2.45. The molecule has 0 bridgehead atoms. The van der Waals surface area contributed by atoms with Gasteiger partial charge in [-0.2, -0.15) is 0 Å². The van der Waals surface area contributed by atoms with Gasteiger partial charge < -0.3 is 4.23 Å². The molecule has 0 saturated carbocycles. The molecule has 1 heterocycles. The summed E-state index contributed by atoms with van der Waals surface area (Å²) < 4.78 is 2.75. The maximum atomic E-state index is 2.75. The van der Waals surface area contributed by atoms with E-state index in [0.717, 1.165) is 16.6 Å². The number of fused-ring (bicyclic) bond motifs is 1. The van der Waals surface area contributed by atoms with Crippen LogP contribution < -0.4 is 0 Å². The number of hydrogen-bond acceptors (Lipinski definition) is 0. The van der Waals surface area contributed by atoms with E-state index in [4.69, 9.17) is 0 Å². The lowest BCUT2D eigenvalue weighted by Crippen LogP contribution is -2.52. The van der Waals surface area contributed by atoms with Gasteiger partial charge >= 0.3 is 0 Å². The number of para-hydroxylation sites is 1. The van der Waals surface area contributed by atoms with Gasteiger partial charge in [-0.1, -0.05) is 59.7 Å². The minimum atomic E-state index is -1.64. The van der Waals surface area contributed by atoms with Crippen LogP contribution in [0.2, 0.25) is 16.6 Å². The lowest BCUT2D eigenvalue weighted by molar-refractivity contribution is 0.766. The van der Waals surface area contributed by atoms with Crippen molar-refractivity contribution in [2.75, 3.05) is 0 Å². The summed E-state index contributed by atoms with van der Waals surface area (Å²) in [5.41, 5.74) is 5.08. The molecule has 0 unspecified atom stereocenters. The number of hydrogen-bond donors (Lipinski definition) is 0. The third-order valence-electron chi connectivity index (χ3n) is 5.06. The van der Waals surface area contributed by atoms with Crippen molar-refractivity contribution in [3.8, 4) is 0 Å². The van der Waals surface area contributed by atoms with Crippen LogP contribution in [0.25, 0.3) is 10.9 Å². The predicted molar refractivity (Wildman–Crippen MR) is 93.1 cm³/mol. The van der Waals surface area contributed by atoms with Crippen LogP contribution in [0, 0.1) is 6.92 Å². The topological polar surface area (TPSA) is 4.93 Å². The van der Waals surface area contributed by atoms with E-state index in [-0.39, 0.29) is 0 Å². The zero-order valence-electron chi connectivity index (χ0n) is 14.1. The second-order valence-electron chi connectivity index (χ2n) is 7.03. The molecule has 2 aromatic rings. The van der Waals surface area contributed by atoms with Gasteiger partial charge in [0.1, 0.15) is 0 Å². The number of rotatable bonds is 4. The minimum Gasteiger partial charge on any atom is -0.371 e. The highest BCUT2D eigenvalue weighted by Gasteiger charge is 2.46. The molecule has 0 aliphatic heterocycles. The van der Waals surface area contributed by atoms with Crippen LogP contribution >= 0.6 is 0 Å². The normalized spacial score (nSPS) is 13.1. The molecule has 0 saturated heterocycles. The monoisotopic (exact) mass is 287 g/mol. The van der Waals surface area contributed by atoms with Gasteiger partial charge in [0.25, 0.3) is 0 Å². The Kier molecular flexibility index (Phi) is 4.15. The van der Waals surface area contributed by atoms with Crippen LogP contribution in [-0.2, 0) is 0 Å². The Morgan fingerprint density at radius 2 is 1.35 bits per heavy atom. The molecule has 0 aliphatic rings. The molecule has 0 atom stereocenters. The average molecular weight is 288 g/mol. The van der Waals surface area contributed by atoms with E-state index in [1.165, 1.54) is 16.6 Å². The van der Waals surface area contributed by atoms with E-state index >= 15 is 0 Å². The molecule has 0 amide bonds. The summed E-state index contributed by atoms with van der Waals surface area (Å²) in [6, 6.07) is 11.2. The molecular formula is C18H29NSi. The highest BCUT2D eigenvalue weighted by atomic mass is 28.3. The summed E-state index contributed by atoms with van der Waals surface area (Å²) in [6.45, 7) is 16.9. The third kappa shape index (κ3) is 2.05. The van der Waals surface area contributed by atoms with Gasteiger partial charge in [0.15, 0.2) is 8.24 Å². The van der Waals surface area contributed by atoms with Gasteiger partial charge in [-0.25, -0.2) is 0 Å². The first kappa shape index (κ1) is 15.4. The Morgan fingerprint density at radius 3 is 1.85 bits per heavy atom. The molecular weight excluding hydrogens is 258 g/mol. The lowest BCUT2D eigenvalue weighted by atomic mass is 10.2. The third-order valence-corrected chi connectivity index (χ3v) is 12.0. The Hall–Kier alpha value is -1.02. The van der Waals surface area contributed by atoms with E-state index in [2.05, 4.69) is 83.0 Å². The quantitative estimate of drug-likeness (QED) is 0.610. The molecule has 1 aromatic heterocycles. The zero-order chi connectivity index (χ0) is 15.1. The fourth-order valence-electron chi connectivity index (χ4n) is 4.58. The van der Waals surface area contributed by atoms with Crippen molar-refractivity contribution in [2.24, 2.45) is 0 Å². The Balaban J connectivity index is 2.85.